The van der Waals surface area contributed by atoms with E-state index in [4.69, 9.17) is 9.97 Å². The van der Waals surface area contributed by atoms with Crippen LogP contribution in [0.15, 0.2) is 146 Å². The van der Waals surface area contributed by atoms with Crippen LogP contribution in [0.4, 0.5) is 0 Å². The Hall–Kier alpha value is -5.34. The number of aromatic nitrogens is 2. The molecule has 0 bridgehead atoms. The van der Waals surface area contributed by atoms with Crippen LogP contribution in [0.5, 0.6) is 0 Å². The first-order valence-corrected chi connectivity index (χ1v) is 14.8. The van der Waals surface area contributed by atoms with Crippen LogP contribution in [0.2, 0.25) is 0 Å². The smallest absolute Gasteiger partial charge is 0.160 e. The Bertz CT molecular complexity index is 2090. The van der Waals surface area contributed by atoms with Gasteiger partial charge in [0, 0.05) is 22.1 Å². The minimum absolute atomic E-state index is 0.100. The maximum atomic E-state index is 5.10. The van der Waals surface area contributed by atoms with Gasteiger partial charge in [-0.25, -0.2) is 9.97 Å². The molecule has 1 aliphatic carbocycles. The first kappa shape index (κ1) is 25.4. The van der Waals surface area contributed by atoms with Crippen LogP contribution in [0.25, 0.3) is 66.9 Å². The van der Waals surface area contributed by atoms with E-state index in [-0.39, 0.29) is 5.41 Å². The monoisotopic (exact) mass is 550 g/mol. The Morgan fingerprint density at radius 2 is 1.05 bits per heavy atom. The lowest BCUT2D eigenvalue weighted by molar-refractivity contribution is 0.666. The normalized spacial score (nSPS) is 13.1. The van der Waals surface area contributed by atoms with Gasteiger partial charge in [0.15, 0.2) is 5.82 Å². The summed E-state index contributed by atoms with van der Waals surface area (Å²) in [5.74, 6) is 0.722. The Kier molecular flexibility index (Phi) is 5.84. The third kappa shape index (κ3) is 4.18. The largest absolute Gasteiger partial charge is 0.228 e. The molecule has 0 aliphatic heterocycles. The maximum absolute atomic E-state index is 5.10. The molecule has 1 aliphatic rings. The highest BCUT2D eigenvalue weighted by Crippen LogP contribution is 2.54. The molecule has 2 nitrogen and oxygen atoms in total. The van der Waals surface area contributed by atoms with E-state index in [1.807, 2.05) is 12.1 Å². The zero-order valence-corrected chi connectivity index (χ0v) is 24.3. The second-order valence-electron chi connectivity index (χ2n) is 11.8. The Morgan fingerprint density at radius 1 is 0.465 bits per heavy atom. The first-order chi connectivity index (χ1) is 21.1. The van der Waals surface area contributed by atoms with Crippen molar-refractivity contribution >= 4 is 10.8 Å². The van der Waals surface area contributed by atoms with E-state index in [1.54, 1.807) is 0 Å². The minimum Gasteiger partial charge on any atom is -0.228 e. The molecule has 43 heavy (non-hydrogen) atoms. The van der Waals surface area contributed by atoms with Crippen LogP contribution in [0, 0.1) is 0 Å². The van der Waals surface area contributed by atoms with Crippen LogP contribution in [0.1, 0.15) is 25.0 Å². The summed E-state index contributed by atoms with van der Waals surface area (Å²) in [4.78, 5) is 10.2. The number of nitrogens with zero attached hydrogens (tertiary/aromatic N) is 2. The lowest BCUT2D eigenvalue weighted by atomic mass is 9.79. The molecule has 204 valence electrons. The summed E-state index contributed by atoms with van der Waals surface area (Å²) in [6.45, 7) is 4.72. The fraction of sp³-hybridized carbons (Fsp3) is 0.0732. The molecule has 1 aromatic heterocycles. The fourth-order valence-electron chi connectivity index (χ4n) is 6.80. The topological polar surface area (TPSA) is 25.8 Å². The van der Waals surface area contributed by atoms with Crippen molar-refractivity contribution in [3.05, 3.63) is 157 Å². The van der Waals surface area contributed by atoms with Gasteiger partial charge >= 0.3 is 0 Å². The van der Waals surface area contributed by atoms with Gasteiger partial charge in [0.2, 0.25) is 0 Å². The highest BCUT2D eigenvalue weighted by molar-refractivity contribution is 6.04. The average molecular weight is 551 g/mol. The number of hydrogen-bond acceptors (Lipinski definition) is 2. The van der Waals surface area contributed by atoms with Crippen LogP contribution in [-0.4, -0.2) is 9.97 Å². The zero-order valence-electron chi connectivity index (χ0n) is 24.3. The van der Waals surface area contributed by atoms with Crippen LogP contribution >= 0.6 is 0 Å². The molecule has 0 saturated carbocycles. The van der Waals surface area contributed by atoms with Crippen molar-refractivity contribution in [1.29, 1.82) is 0 Å². The molecule has 0 saturated heterocycles. The highest BCUT2D eigenvalue weighted by Gasteiger charge is 2.38. The highest BCUT2D eigenvalue weighted by atomic mass is 14.9. The van der Waals surface area contributed by atoms with Crippen LogP contribution < -0.4 is 0 Å². The fourth-order valence-corrected chi connectivity index (χ4v) is 6.80. The Labute approximate surface area is 252 Å². The van der Waals surface area contributed by atoms with Crippen LogP contribution in [0.3, 0.4) is 0 Å². The van der Waals surface area contributed by atoms with Crippen molar-refractivity contribution in [1.82, 2.24) is 9.97 Å². The summed E-state index contributed by atoms with van der Waals surface area (Å²) >= 11 is 0. The van der Waals surface area contributed by atoms with Gasteiger partial charge in [0.25, 0.3) is 0 Å². The van der Waals surface area contributed by atoms with E-state index in [9.17, 15) is 0 Å². The average Bonchev–Trinajstić information content (AvgIpc) is 3.32. The van der Waals surface area contributed by atoms with Crippen molar-refractivity contribution in [2.75, 3.05) is 0 Å². The molecular weight excluding hydrogens is 520 g/mol. The summed E-state index contributed by atoms with van der Waals surface area (Å²) in [5.41, 5.74) is 12.7. The maximum Gasteiger partial charge on any atom is 0.160 e. The molecule has 8 rings (SSSR count). The van der Waals surface area contributed by atoms with Gasteiger partial charge in [-0.2, -0.15) is 0 Å². The van der Waals surface area contributed by atoms with Gasteiger partial charge in [-0.15, -0.1) is 0 Å². The molecule has 0 radical (unpaired) electrons. The van der Waals surface area contributed by atoms with Crippen molar-refractivity contribution in [3.8, 4) is 56.2 Å². The molecule has 1 heterocycles. The van der Waals surface area contributed by atoms with Crippen molar-refractivity contribution in [3.63, 3.8) is 0 Å². The molecular formula is C41H30N2. The Morgan fingerprint density at radius 3 is 1.77 bits per heavy atom. The minimum atomic E-state index is -0.100. The molecule has 0 amide bonds. The summed E-state index contributed by atoms with van der Waals surface area (Å²) in [6.07, 6.45) is 0. The molecule has 0 spiro atoms. The number of benzene rings is 6. The van der Waals surface area contributed by atoms with E-state index in [0.29, 0.717) is 0 Å². The molecule has 0 atom stereocenters. The lowest BCUT2D eigenvalue weighted by Crippen LogP contribution is -2.15. The summed E-state index contributed by atoms with van der Waals surface area (Å²) in [7, 11) is 0. The molecule has 7 aromatic rings. The quantitative estimate of drug-likeness (QED) is 0.218. The van der Waals surface area contributed by atoms with E-state index in [2.05, 4.69) is 147 Å². The second-order valence-corrected chi connectivity index (χ2v) is 11.8. The number of hydrogen-bond donors (Lipinski definition) is 0. The second kappa shape index (κ2) is 9.89. The Balaban J connectivity index is 1.35. The molecule has 6 aromatic carbocycles. The van der Waals surface area contributed by atoms with E-state index < -0.39 is 0 Å². The molecule has 2 heteroatoms. The van der Waals surface area contributed by atoms with Gasteiger partial charge in [0.05, 0.1) is 11.4 Å². The van der Waals surface area contributed by atoms with Crippen LogP contribution in [-0.2, 0) is 5.41 Å². The van der Waals surface area contributed by atoms with Gasteiger partial charge in [-0.1, -0.05) is 141 Å². The third-order valence-electron chi connectivity index (χ3n) is 8.84. The summed E-state index contributed by atoms with van der Waals surface area (Å²) < 4.78 is 0. The standard InChI is InChI=1S/C41H30N2/c1-41(2)35-23-12-11-22-33(35)38-34(25-30-18-9-10-21-32(30)39(38)41)29-19-13-20-31(24-29)40-42-36(27-14-5-3-6-15-27)26-37(43-40)28-16-7-4-8-17-28/h3-26H,1-2H3. The number of fused-ring (bicyclic) bond motifs is 5. The first-order valence-electron chi connectivity index (χ1n) is 14.8. The molecule has 0 fully saturated rings. The summed E-state index contributed by atoms with van der Waals surface area (Å²) in [6, 6.07) is 51.6. The van der Waals surface area contributed by atoms with Gasteiger partial charge in [-0.3, -0.25) is 0 Å². The van der Waals surface area contributed by atoms with E-state index in [0.717, 1.165) is 33.9 Å². The van der Waals surface area contributed by atoms with Gasteiger partial charge < -0.3 is 0 Å². The van der Waals surface area contributed by atoms with Gasteiger partial charge in [-0.05, 0) is 62.4 Å². The van der Waals surface area contributed by atoms with E-state index >= 15 is 0 Å². The molecule has 0 unspecified atom stereocenters. The SMILES string of the molecule is CC1(C)c2ccccc2-c2c(-c3cccc(-c4nc(-c5ccccc5)cc(-c5ccccc5)n4)c3)cc3ccccc3c21. The van der Waals surface area contributed by atoms with Crippen molar-refractivity contribution < 1.29 is 0 Å². The van der Waals surface area contributed by atoms with E-state index in [1.165, 1.54) is 44.2 Å². The lowest BCUT2D eigenvalue weighted by Gasteiger charge is -2.24. The van der Waals surface area contributed by atoms with Crippen molar-refractivity contribution in [2.24, 2.45) is 0 Å². The predicted molar refractivity (Wildman–Crippen MR) is 179 cm³/mol. The van der Waals surface area contributed by atoms with Gasteiger partial charge in [0.1, 0.15) is 0 Å². The summed E-state index contributed by atoms with van der Waals surface area (Å²) in [5, 5.41) is 2.58. The van der Waals surface area contributed by atoms with Crippen molar-refractivity contribution in [2.45, 2.75) is 19.3 Å². The molecule has 0 N–H and O–H groups in total. The number of rotatable bonds is 4. The zero-order chi connectivity index (χ0) is 29.0. The predicted octanol–water partition coefficient (Wildman–Crippen LogP) is 10.6. The third-order valence-corrected chi connectivity index (χ3v) is 8.84.